The number of hydrogen-bond donors (Lipinski definition) is 2. The van der Waals surface area contributed by atoms with E-state index < -0.39 is 17.6 Å². The van der Waals surface area contributed by atoms with Gasteiger partial charge in [-0.05, 0) is 48.0 Å². The lowest BCUT2D eigenvalue weighted by Crippen LogP contribution is -2.40. The lowest BCUT2D eigenvalue weighted by Gasteiger charge is -2.05. The molecule has 2 amide bonds. The van der Waals surface area contributed by atoms with Gasteiger partial charge in [0.1, 0.15) is 0 Å². The first-order valence-electron chi connectivity index (χ1n) is 6.87. The fourth-order valence-corrected chi connectivity index (χ4v) is 1.92. The normalized spacial score (nSPS) is 10.5. The lowest BCUT2D eigenvalue weighted by molar-refractivity contribution is -0.117. The minimum atomic E-state index is -0.562. The van der Waals surface area contributed by atoms with Crippen LogP contribution in [0, 0.1) is 5.82 Å². The van der Waals surface area contributed by atoms with Gasteiger partial charge in [-0.3, -0.25) is 20.4 Å². The molecule has 0 aliphatic carbocycles. The number of hydrogen-bond acceptors (Lipinski definition) is 3. The molecule has 2 aromatic rings. The number of nitrogens with one attached hydrogen (secondary N) is 2. The van der Waals surface area contributed by atoms with Crippen molar-refractivity contribution >= 4 is 29.5 Å². The molecule has 124 valence electrons. The maximum Gasteiger partial charge on any atom is 0.269 e. The topological polar surface area (TPSA) is 67.4 Å². The highest BCUT2D eigenvalue weighted by atomic mass is 35.5. The number of benzene rings is 2. The summed E-state index contributed by atoms with van der Waals surface area (Å²) in [6.45, 7) is 0. The Kier molecular flexibility index (Phi) is 5.92. The van der Waals surface area contributed by atoms with Crippen molar-refractivity contribution < 1.29 is 18.7 Å². The van der Waals surface area contributed by atoms with Crippen LogP contribution in [0.3, 0.4) is 0 Å². The van der Waals surface area contributed by atoms with E-state index in [1.54, 1.807) is 18.2 Å². The highest BCUT2D eigenvalue weighted by Gasteiger charge is 2.06. The summed E-state index contributed by atoms with van der Waals surface area (Å²) in [4.78, 5) is 23.5. The van der Waals surface area contributed by atoms with E-state index in [1.807, 2.05) is 0 Å². The Morgan fingerprint density at radius 1 is 1.12 bits per heavy atom. The largest absolute Gasteiger partial charge is 0.494 e. The molecule has 0 radical (unpaired) electrons. The molecule has 2 rings (SSSR count). The lowest BCUT2D eigenvalue weighted by atomic mass is 10.2. The molecule has 2 N–H and O–H groups in total. The van der Waals surface area contributed by atoms with Crippen molar-refractivity contribution in [2.75, 3.05) is 7.11 Å². The number of halogens is 2. The third kappa shape index (κ3) is 4.82. The van der Waals surface area contributed by atoms with Crippen LogP contribution in [0.4, 0.5) is 4.39 Å². The van der Waals surface area contributed by atoms with Gasteiger partial charge in [0.15, 0.2) is 11.6 Å². The molecular weight excluding hydrogens is 335 g/mol. The fraction of sp³-hybridized carbons (Fsp3) is 0.0588. The summed E-state index contributed by atoms with van der Waals surface area (Å²) < 4.78 is 18.3. The van der Waals surface area contributed by atoms with Crippen molar-refractivity contribution in [3.05, 3.63) is 70.5 Å². The maximum atomic E-state index is 13.5. The third-order valence-electron chi connectivity index (χ3n) is 3.01. The molecule has 0 bridgehead atoms. The smallest absolute Gasteiger partial charge is 0.269 e. The Morgan fingerprint density at radius 2 is 1.83 bits per heavy atom. The van der Waals surface area contributed by atoms with E-state index in [2.05, 4.69) is 10.9 Å². The van der Waals surface area contributed by atoms with Crippen molar-refractivity contribution in [2.45, 2.75) is 0 Å². The molecule has 0 fully saturated rings. The first-order chi connectivity index (χ1) is 11.5. The molecule has 0 aliphatic heterocycles. The minimum absolute atomic E-state index is 0.117. The number of hydrazine groups is 1. The standard InChI is InChI=1S/C17H14ClFN2O3/c1-24-15-8-2-11(10-14(15)19)3-9-16(22)20-21-17(23)12-4-6-13(18)7-5-12/h2-10H,1H3,(H,20,22)(H,21,23)/b9-3+. The number of ether oxygens (including phenoxy) is 1. The van der Waals surface area contributed by atoms with Gasteiger partial charge in [-0.1, -0.05) is 17.7 Å². The zero-order valence-electron chi connectivity index (χ0n) is 12.7. The summed E-state index contributed by atoms with van der Waals surface area (Å²) in [6.07, 6.45) is 2.58. The van der Waals surface area contributed by atoms with E-state index in [0.29, 0.717) is 16.1 Å². The first kappa shape index (κ1) is 17.5. The molecule has 0 spiro atoms. The van der Waals surface area contributed by atoms with Crippen LogP contribution >= 0.6 is 11.6 Å². The molecule has 0 unspecified atom stereocenters. The van der Waals surface area contributed by atoms with Crippen LogP contribution in [0.15, 0.2) is 48.5 Å². The molecule has 0 atom stereocenters. The predicted octanol–water partition coefficient (Wildman–Crippen LogP) is 2.96. The number of rotatable bonds is 4. The van der Waals surface area contributed by atoms with Crippen molar-refractivity contribution in [2.24, 2.45) is 0 Å². The molecule has 2 aromatic carbocycles. The van der Waals surface area contributed by atoms with Gasteiger partial charge >= 0.3 is 0 Å². The summed E-state index contributed by atoms with van der Waals surface area (Å²) in [7, 11) is 1.37. The van der Waals surface area contributed by atoms with Crippen LogP contribution in [-0.4, -0.2) is 18.9 Å². The zero-order valence-corrected chi connectivity index (χ0v) is 13.4. The highest BCUT2D eigenvalue weighted by molar-refractivity contribution is 6.30. The molecule has 0 saturated heterocycles. The molecule has 0 aliphatic rings. The number of carbonyl (C=O) groups is 2. The summed E-state index contributed by atoms with van der Waals surface area (Å²) in [6, 6.07) is 10.5. The van der Waals surface area contributed by atoms with Crippen molar-refractivity contribution in [1.82, 2.24) is 10.9 Å². The third-order valence-corrected chi connectivity index (χ3v) is 3.26. The van der Waals surface area contributed by atoms with Crippen LogP contribution in [0.5, 0.6) is 5.75 Å². The van der Waals surface area contributed by atoms with E-state index in [0.717, 1.165) is 0 Å². The van der Waals surface area contributed by atoms with Crippen LogP contribution in [0.1, 0.15) is 15.9 Å². The summed E-state index contributed by atoms with van der Waals surface area (Å²) in [5, 5.41) is 0.505. The van der Waals surface area contributed by atoms with Gasteiger partial charge in [0.25, 0.3) is 11.8 Å². The van der Waals surface area contributed by atoms with Crippen LogP contribution in [0.25, 0.3) is 6.08 Å². The average molecular weight is 349 g/mol. The molecule has 0 saturated carbocycles. The summed E-state index contributed by atoms with van der Waals surface area (Å²) in [5.74, 6) is -1.46. The Hall–Kier alpha value is -2.86. The van der Waals surface area contributed by atoms with Crippen LogP contribution in [-0.2, 0) is 4.79 Å². The first-order valence-corrected chi connectivity index (χ1v) is 7.25. The Labute approximate surface area is 143 Å². The SMILES string of the molecule is COc1ccc(/C=C/C(=O)NNC(=O)c2ccc(Cl)cc2)cc1F. The van der Waals surface area contributed by atoms with E-state index in [-0.39, 0.29) is 5.75 Å². The number of amides is 2. The second kappa shape index (κ2) is 8.12. The Morgan fingerprint density at radius 3 is 2.46 bits per heavy atom. The zero-order chi connectivity index (χ0) is 17.5. The fourth-order valence-electron chi connectivity index (χ4n) is 1.79. The Bertz CT molecular complexity index is 776. The molecule has 5 nitrogen and oxygen atoms in total. The van der Waals surface area contributed by atoms with Gasteiger partial charge in [-0.15, -0.1) is 0 Å². The molecular formula is C17H14ClFN2O3. The molecule has 0 heterocycles. The molecule has 7 heteroatoms. The van der Waals surface area contributed by atoms with Gasteiger partial charge < -0.3 is 4.74 Å². The van der Waals surface area contributed by atoms with E-state index in [9.17, 15) is 14.0 Å². The summed E-state index contributed by atoms with van der Waals surface area (Å²) in [5.41, 5.74) is 5.31. The van der Waals surface area contributed by atoms with Gasteiger partial charge in [-0.2, -0.15) is 0 Å². The monoisotopic (exact) mass is 348 g/mol. The predicted molar refractivity (Wildman–Crippen MR) is 89.0 cm³/mol. The average Bonchev–Trinajstić information content (AvgIpc) is 2.58. The van der Waals surface area contributed by atoms with Gasteiger partial charge in [0.2, 0.25) is 0 Å². The second-order valence-electron chi connectivity index (χ2n) is 4.68. The highest BCUT2D eigenvalue weighted by Crippen LogP contribution is 2.18. The second-order valence-corrected chi connectivity index (χ2v) is 5.11. The quantitative estimate of drug-likeness (QED) is 0.659. The van der Waals surface area contributed by atoms with Gasteiger partial charge in [-0.25, -0.2) is 4.39 Å². The number of methoxy groups -OCH3 is 1. The summed E-state index contributed by atoms with van der Waals surface area (Å²) >= 11 is 5.73. The molecule has 24 heavy (non-hydrogen) atoms. The van der Waals surface area contributed by atoms with Gasteiger partial charge in [0, 0.05) is 16.7 Å². The Balaban J connectivity index is 1.89. The van der Waals surface area contributed by atoms with E-state index in [4.69, 9.17) is 16.3 Å². The molecule has 0 aromatic heterocycles. The van der Waals surface area contributed by atoms with E-state index >= 15 is 0 Å². The van der Waals surface area contributed by atoms with Crippen molar-refractivity contribution in [1.29, 1.82) is 0 Å². The van der Waals surface area contributed by atoms with E-state index in [1.165, 1.54) is 43.5 Å². The van der Waals surface area contributed by atoms with Crippen molar-refractivity contribution in [3.63, 3.8) is 0 Å². The van der Waals surface area contributed by atoms with Crippen LogP contribution < -0.4 is 15.6 Å². The van der Waals surface area contributed by atoms with Gasteiger partial charge in [0.05, 0.1) is 7.11 Å². The minimum Gasteiger partial charge on any atom is -0.494 e. The van der Waals surface area contributed by atoms with Crippen LogP contribution in [0.2, 0.25) is 5.02 Å². The number of carbonyl (C=O) groups excluding carboxylic acids is 2. The van der Waals surface area contributed by atoms with Crippen molar-refractivity contribution in [3.8, 4) is 5.75 Å². The maximum absolute atomic E-state index is 13.5.